The SMILES string of the molecule is COC1CCC(NC(C)CC2CCCCN2C(=O)OC(C)(C)C)C1. The maximum absolute atomic E-state index is 12.5. The van der Waals surface area contributed by atoms with Crippen LogP contribution in [-0.2, 0) is 9.47 Å². The van der Waals surface area contributed by atoms with Gasteiger partial charge in [-0.25, -0.2) is 4.79 Å². The molecule has 1 aliphatic carbocycles. The molecule has 0 aromatic carbocycles. The predicted molar refractivity (Wildman–Crippen MR) is 96.2 cm³/mol. The van der Waals surface area contributed by atoms with Gasteiger partial charge in [0.25, 0.3) is 0 Å². The first-order chi connectivity index (χ1) is 11.3. The van der Waals surface area contributed by atoms with Gasteiger partial charge in [-0.15, -0.1) is 0 Å². The van der Waals surface area contributed by atoms with E-state index in [2.05, 4.69) is 12.2 Å². The first kappa shape index (κ1) is 19.5. The van der Waals surface area contributed by atoms with Crippen LogP contribution in [0.15, 0.2) is 0 Å². The van der Waals surface area contributed by atoms with Crippen molar-refractivity contribution in [3.8, 4) is 0 Å². The number of carbonyl (C=O) groups is 1. The van der Waals surface area contributed by atoms with Crippen molar-refractivity contribution in [2.24, 2.45) is 0 Å². The van der Waals surface area contributed by atoms with Gasteiger partial charge < -0.3 is 19.7 Å². The maximum Gasteiger partial charge on any atom is 0.410 e. The number of likely N-dealkylation sites (tertiary alicyclic amines) is 1. The van der Waals surface area contributed by atoms with E-state index in [4.69, 9.17) is 9.47 Å². The smallest absolute Gasteiger partial charge is 0.410 e. The number of hydrogen-bond acceptors (Lipinski definition) is 4. The number of hydrogen-bond donors (Lipinski definition) is 1. The molecule has 0 bridgehead atoms. The van der Waals surface area contributed by atoms with E-state index in [-0.39, 0.29) is 12.1 Å². The largest absolute Gasteiger partial charge is 0.444 e. The number of methoxy groups -OCH3 is 1. The van der Waals surface area contributed by atoms with Crippen molar-refractivity contribution >= 4 is 6.09 Å². The van der Waals surface area contributed by atoms with Gasteiger partial charge in [-0.05, 0) is 72.6 Å². The van der Waals surface area contributed by atoms with Gasteiger partial charge in [0, 0.05) is 31.8 Å². The van der Waals surface area contributed by atoms with Gasteiger partial charge >= 0.3 is 6.09 Å². The zero-order valence-corrected chi connectivity index (χ0v) is 16.1. The highest BCUT2D eigenvalue weighted by Gasteiger charge is 2.32. The monoisotopic (exact) mass is 340 g/mol. The number of carbonyl (C=O) groups excluding carboxylic acids is 1. The fourth-order valence-electron chi connectivity index (χ4n) is 3.99. The predicted octanol–water partition coefficient (Wildman–Crippen LogP) is 3.71. The molecule has 4 unspecified atom stereocenters. The molecule has 1 amide bonds. The Kier molecular flexibility index (Phi) is 6.93. The molecular formula is C19H36N2O3. The molecule has 1 N–H and O–H groups in total. The van der Waals surface area contributed by atoms with Gasteiger partial charge in [-0.2, -0.15) is 0 Å². The fraction of sp³-hybridized carbons (Fsp3) is 0.947. The van der Waals surface area contributed by atoms with Crippen molar-refractivity contribution in [2.75, 3.05) is 13.7 Å². The summed E-state index contributed by atoms with van der Waals surface area (Å²) in [5.41, 5.74) is -0.429. The Balaban J connectivity index is 1.85. The molecule has 5 nitrogen and oxygen atoms in total. The molecule has 0 aromatic heterocycles. The van der Waals surface area contributed by atoms with Gasteiger partial charge in [0.15, 0.2) is 0 Å². The Morgan fingerprint density at radius 1 is 1.25 bits per heavy atom. The van der Waals surface area contributed by atoms with Crippen molar-refractivity contribution in [1.82, 2.24) is 10.2 Å². The summed E-state index contributed by atoms with van der Waals surface area (Å²) in [6.45, 7) is 8.85. The van der Waals surface area contributed by atoms with Gasteiger partial charge in [-0.1, -0.05) is 0 Å². The molecule has 0 radical (unpaired) electrons. The second-order valence-corrected chi connectivity index (χ2v) is 8.49. The Labute approximate surface area is 147 Å². The van der Waals surface area contributed by atoms with E-state index >= 15 is 0 Å². The Bertz CT molecular complexity index is 408. The van der Waals surface area contributed by atoms with Crippen LogP contribution in [-0.4, -0.2) is 54.5 Å². The molecule has 1 heterocycles. The van der Waals surface area contributed by atoms with Gasteiger partial charge in [0.2, 0.25) is 0 Å². The number of rotatable bonds is 5. The maximum atomic E-state index is 12.5. The van der Waals surface area contributed by atoms with E-state index in [9.17, 15) is 4.79 Å². The first-order valence-electron chi connectivity index (χ1n) is 9.57. The van der Waals surface area contributed by atoms with E-state index < -0.39 is 5.60 Å². The molecule has 1 saturated heterocycles. The summed E-state index contributed by atoms with van der Waals surface area (Å²) in [6, 6.07) is 1.23. The molecule has 24 heavy (non-hydrogen) atoms. The molecule has 140 valence electrons. The van der Waals surface area contributed by atoms with Crippen molar-refractivity contribution in [3.05, 3.63) is 0 Å². The number of amides is 1. The molecule has 1 aliphatic heterocycles. The molecule has 2 rings (SSSR count). The average Bonchev–Trinajstić information content (AvgIpc) is 2.93. The normalized spacial score (nSPS) is 29.5. The summed E-state index contributed by atoms with van der Waals surface area (Å²) in [6.07, 6.45) is 8.03. The van der Waals surface area contributed by atoms with Crippen LogP contribution >= 0.6 is 0 Å². The molecular weight excluding hydrogens is 304 g/mol. The highest BCUT2D eigenvalue weighted by atomic mass is 16.6. The zero-order valence-electron chi connectivity index (χ0n) is 16.1. The lowest BCUT2D eigenvalue weighted by Gasteiger charge is -2.38. The van der Waals surface area contributed by atoms with E-state index in [0.29, 0.717) is 18.2 Å². The molecule has 5 heteroatoms. The molecule has 1 saturated carbocycles. The molecule has 0 aromatic rings. The third-order valence-electron chi connectivity index (χ3n) is 5.12. The van der Waals surface area contributed by atoms with Crippen molar-refractivity contribution in [3.63, 3.8) is 0 Å². The lowest BCUT2D eigenvalue weighted by Crippen LogP contribution is -2.49. The van der Waals surface area contributed by atoms with Crippen molar-refractivity contribution in [2.45, 2.75) is 102 Å². The third kappa shape index (κ3) is 5.92. The van der Waals surface area contributed by atoms with Gasteiger partial charge in [-0.3, -0.25) is 0 Å². The van der Waals surface area contributed by atoms with Crippen LogP contribution in [0.3, 0.4) is 0 Å². The minimum absolute atomic E-state index is 0.153. The van der Waals surface area contributed by atoms with E-state index in [0.717, 1.165) is 38.6 Å². The minimum Gasteiger partial charge on any atom is -0.444 e. The lowest BCUT2D eigenvalue weighted by atomic mass is 9.96. The molecule has 0 spiro atoms. The molecule has 4 atom stereocenters. The van der Waals surface area contributed by atoms with Crippen LogP contribution in [0.5, 0.6) is 0 Å². The Morgan fingerprint density at radius 2 is 2.00 bits per heavy atom. The lowest BCUT2D eigenvalue weighted by molar-refractivity contribution is 0.00777. The van der Waals surface area contributed by atoms with E-state index in [1.807, 2.05) is 25.7 Å². The highest BCUT2D eigenvalue weighted by molar-refractivity contribution is 5.68. The van der Waals surface area contributed by atoms with Crippen LogP contribution in [0, 0.1) is 0 Å². The fourth-order valence-corrected chi connectivity index (χ4v) is 3.99. The van der Waals surface area contributed by atoms with Gasteiger partial charge in [0.1, 0.15) is 5.60 Å². The summed E-state index contributed by atoms with van der Waals surface area (Å²) in [4.78, 5) is 14.5. The second kappa shape index (κ2) is 8.52. The van der Waals surface area contributed by atoms with Crippen molar-refractivity contribution < 1.29 is 14.3 Å². The van der Waals surface area contributed by atoms with Gasteiger partial charge in [0.05, 0.1) is 6.10 Å². The number of nitrogens with one attached hydrogen (secondary N) is 1. The summed E-state index contributed by atoms with van der Waals surface area (Å²) in [7, 11) is 1.80. The van der Waals surface area contributed by atoms with E-state index in [1.54, 1.807) is 7.11 Å². The topological polar surface area (TPSA) is 50.8 Å². The number of piperidine rings is 1. The summed E-state index contributed by atoms with van der Waals surface area (Å²) >= 11 is 0. The second-order valence-electron chi connectivity index (χ2n) is 8.49. The van der Waals surface area contributed by atoms with Crippen LogP contribution in [0.1, 0.15) is 72.6 Å². The minimum atomic E-state index is -0.429. The van der Waals surface area contributed by atoms with Crippen LogP contribution < -0.4 is 5.32 Å². The first-order valence-corrected chi connectivity index (χ1v) is 9.57. The number of nitrogens with zero attached hydrogens (tertiary/aromatic N) is 1. The summed E-state index contributed by atoms with van der Waals surface area (Å²) in [5.74, 6) is 0. The van der Waals surface area contributed by atoms with Crippen LogP contribution in [0.4, 0.5) is 4.79 Å². The average molecular weight is 341 g/mol. The molecule has 2 aliphatic rings. The van der Waals surface area contributed by atoms with Crippen LogP contribution in [0.25, 0.3) is 0 Å². The molecule has 2 fully saturated rings. The third-order valence-corrected chi connectivity index (χ3v) is 5.12. The quantitative estimate of drug-likeness (QED) is 0.829. The summed E-state index contributed by atoms with van der Waals surface area (Å²) < 4.78 is 11.1. The Hall–Kier alpha value is -0.810. The van der Waals surface area contributed by atoms with E-state index in [1.165, 1.54) is 12.8 Å². The summed E-state index contributed by atoms with van der Waals surface area (Å²) in [5, 5.41) is 3.74. The zero-order chi connectivity index (χ0) is 17.7. The number of ether oxygens (including phenoxy) is 2. The Morgan fingerprint density at radius 3 is 2.62 bits per heavy atom. The standard InChI is InChI=1S/C19H36N2O3/c1-14(20-15-9-10-17(13-15)23-5)12-16-8-6-7-11-21(16)18(22)24-19(2,3)4/h14-17,20H,6-13H2,1-5H3. The highest BCUT2D eigenvalue weighted by Crippen LogP contribution is 2.25. The van der Waals surface area contributed by atoms with Crippen molar-refractivity contribution in [1.29, 1.82) is 0 Å². The van der Waals surface area contributed by atoms with Crippen LogP contribution in [0.2, 0.25) is 0 Å².